The highest BCUT2D eigenvalue weighted by Crippen LogP contribution is 2.25. The van der Waals surface area contributed by atoms with Gasteiger partial charge >= 0.3 is 0 Å². The summed E-state index contributed by atoms with van der Waals surface area (Å²) in [6, 6.07) is 7.59. The predicted molar refractivity (Wildman–Crippen MR) is 87.9 cm³/mol. The number of carbonyl (C=O) groups excluding carboxylic acids is 1. The topological polar surface area (TPSA) is 69.5 Å². The summed E-state index contributed by atoms with van der Waals surface area (Å²) in [4.78, 5) is 14.5. The molecule has 0 saturated carbocycles. The van der Waals surface area contributed by atoms with Crippen LogP contribution in [-0.2, 0) is 11.3 Å². The van der Waals surface area contributed by atoms with Crippen LogP contribution in [0.2, 0.25) is 0 Å². The zero-order valence-electron chi connectivity index (χ0n) is 14.0. The lowest BCUT2D eigenvalue weighted by Crippen LogP contribution is -2.39. The number of benzene rings is 1. The lowest BCUT2D eigenvalue weighted by Gasteiger charge is -2.33. The Morgan fingerprint density at radius 1 is 1.29 bits per heavy atom. The molecule has 1 saturated heterocycles. The number of aromatic nitrogens is 3. The second kappa shape index (κ2) is 7.44. The fourth-order valence-electron chi connectivity index (χ4n) is 3.09. The van der Waals surface area contributed by atoms with Gasteiger partial charge in [-0.1, -0.05) is 6.07 Å². The van der Waals surface area contributed by atoms with E-state index < -0.39 is 0 Å². The van der Waals surface area contributed by atoms with Crippen LogP contribution in [0, 0.1) is 0 Å². The molecule has 1 aromatic heterocycles. The molecule has 1 aliphatic rings. The zero-order valence-corrected chi connectivity index (χ0v) is 14.0. The Morgan fingerprint density at radius 2 is 2.08 bits per heavy atom. The van der Waals surface area contributed by atoms with Gasteiger partial charge in [0.25, 0.3) is 5.91 Å². The van der Waals surface area contributed by atoms with E-state index in [-0.39, 0.29) is 5.91 Å². The van der Waals surface area contributed by atoms with Crippen molar-refractivity contribution in [3.05, 3.63) is 42.0 Å². The van der Waals surface area contributed by atoms with Crippen molar-refractivity contribution in [2.45, 2.75) is 25.5 Å². The minimum atomic E-state index is 0.0493. The largest absolute Gasteiger partial charge is 0.497 e. The average molecular weight is 330 g/mol. The second-order valence-electron chi connectivity index (χ2n) is 5.84. The minimum absolute atomic E-state index is 0.0493. The molecule has 0 radical (unpaired) electrons. The van der Waals surface area contributed by atoms with Crippen LogP contribution in [0.1, 0.15) is 35.1 Å². The number of methoxy groups -OCH3 is 2. The first kappa shape index (κ1) is 16.4. The molecule has 0 unspecified atom stereocenters. The third kappa shape index (κ3) is 3.41. The molecule has 1 fully saturated rings. The van der Waals surface area contributed by atoms with Gasteiger partial charge in [-0.05, 0) is 31.0 Å². The van der Waals surface area contributed by atoms with Crippen LogP contribution in [0.3, 0.4) is 0 Å². The van der Waals surface area contributed by atoms with E-state index in [0.29, 0.717) is 37.1 Å². The van der Waals surface area contributed by atoms with Gasteiger partial charge in [0.2, 0.25) is 0 Å². The first-order chi connectivity index (χ1) is 11.7. The highest BCUT2D eigenvalue weighted by Gasteiger charge is 2.26. The Morgan fingerprint density at radius 3 is 2.79 bits per heavy atom. The standard InChI is InChI=1S/C17H22N4O3/c1-23-11-16-19-18-12-21(16)14-6-8-20(9-7-14)17(22)13-4-3-5-15(10-13)24-2/h3-5,10,12,14H,6-9,11H2,1-2H3. The maximum absolute atomic E-state index is 12.6. The maximum atomic E-state index is 12.6. The molecule has 2 aromatic rings. The maximum Gasteiger partial charge on any atom is 0.253 e. The number of ether oxygens (including phenoxy) is 2. The smallest absolute Gasteiger partial charge is 0.253 e. The number of carbonyl (C=O) groups is 1. The summed E-state index contributed by atoms with van der Waals surface area (Å²) in [5.41, 5.74) is 0.664. The molecule has 1 aliphatic heterocycles. The summed E-state index contributed by atoms with van der Waals surface area (Å²) >= 11 is 0. The van der Waals surface area contributed by atoms with Crippen LogP contribution in [-0.4, -0.2) is 52.9 Å². The van der Waals surface area contributed by atoms with E-state index in [2.05, 4.69) is 14.8 Å². The Hall–Kier alpha value is -2.41. The van der Waals surface area contributed by atoms with Gasteiger partial charge in [0, 0.05) is 31.8 Å². The van der Waals surface area contributed by atoms with Crippen LogP contribution in [0.4, 0.5) is 0 Å². The van der Waals surface area contributed by atoms with E-state index in [1.54, 1.807) is 26.6 Å². The third-order valence-corrected chi connectivity index (χ3v) is 4.38. The van der Waals surface area contributed by atoms with Crippen LogP contribution in [0.15, 0.2) is 30.6 Å². The molecule has 0 N–H and O–H groups in total. The molecule has 7 nitrogen and oxygen atoms in total. The van der Waals surface area contributed by atoms with Gasteiger partial charge < -0.3 is 18.9 Å². The fourth-order valence-corrected chi connectivity index (χ4v) is 3.09. The van der Waals surface area contributed by atoms with Crippen molar-refractivity contribution < 1.29 is 14.3 Å². The molecule has 128 valence electrons. The van der Waals surface area contributed by atoms with E-state index in [0.717, 1.165) is 18.7 Å². The van der Waals surface area contributed by atoms with Gasteiger partial charge in [-0.25, -0.2) is 0 Å². The molecule has 0 bridgehead atoms. The van der Waals surface area contributed by atoms with Crippen molar-refractivity contribution in [3.8, 4) is 5.75 Å². The van der Waals surface area contributed by atoms with Crippen molar-refractivity contribution in [3.63, 3.8) is 0 Å². The summed E-state index contributed by atoms with van der Waals surface area (Å²) in [5, 5.41) is 8.07. The van der Waals surface area contributed by atoms with E-state index in [4.69, 9.17) is 9.47 Å². The number of nitrogens with zero attached hydrogens (tertiary/aromatic N) is 4. The quantitative estimate of drug-likeness (QED) is 0.837. The highest BCUT2D eigenvalue weighted by molar-refractivity contribution is 5.94. The summed E-state index contributed by atoms with van der Waals surface area (Å²) in [7, 11) is 3.25. The van der Waals surface area contributed by atoms with Crippen molar-refractivity contribution in [1.29, 1.82) is 0 Å². The Balaban J connectivity index is 1.64. The van der Waals surface area contributed by atoms with Crippen LogP contribution >= 0.6 is 0 Å². The molecule has 0 spiro atoms. The van der Waals surface area contributed by atoms with Gasteiger partial charge in [0.1, 0.15) is 18.7 Å². The molecular formula is C17H22N4O3. The van der Waals surface area contributed by atoms with Gasteiger partial charge in [0.15, 0.2) is 5.82 Å². The molecule has 7 heteroatoms. The predicted octanol–water partition coefficient (Wildman–Crippen LogP) is 1.91. The number of hydrogen-bond donors (Lipinski definition) is 0. The molecule has 1 aromatic carbocycles. The summed E-state index contributed by atoms with van der Waals surface area (Å²) in [6.45, 7) is 1.87. The summed E-state index contributed by atoms with van der Waals surface area (Å²) in [5.74, 6) is 1.58. The normalized spacial score (nSPS) is 15.5. The van der Waals surface area contributed by atoms with E-state index >= 15 is 0 Å². The first-order valence-electron chi connectivity index (χ1n) is 8.03. The molecule has 1 amide bonds. The average Bonchev–Trinajstić information content (AvgIpc) is 3.10. The molecular weight excluding hydrogens is 308 g/mol. The van der Waals surface area contributed by atoms with Gasteiger partial charge in [0.05, 0.1) is 7.11 Å². The van der Waals surface area contributed by atoms with Crippen molar-refractivity contribution in [1.82, 2.24) is 19.7 Å². The van der Waals surface area contributed by atoms with E-state index in [1.165, 1.54) is 0 Å². The van der Waals surface area contributed by atoms with E-state index in [9.17, 15) is 4.79 Å². The van der Waals surface area contributed by atoms with Crippen LogP contribution < -0.4 is 4.74 Å². The summed E-state index contributed by atoms with van der Waals surface area (Å²) in [6.07, 6.45) is 3.51. The lowest BCUT2D eigenvalue weighted by molar-refractivity contribution is 0.0690. The molecule has 2 heterocycles. The molecule has 0 atom stereocenters. The van der Waals surface area contributed by atoms with Gasteiger partial charge in [-0.15, -0.1) is 10.2 Å². The van der Waals surface area contributed by atoms with Gasteiger partial charge in [-0.2, -0.15) is 0 Å². The number of piperidine rings is 1. The molecule has 0 aliphatic carbocycles. The number of amides is 1. The summed E-state index contributed by atoms with van der Waals surface area (Å²) < 4.78 is 12.4. The van der Waals surface area contributed by atoms with Crippen molar-refractivity contribution in [2.24, 2.45) is 0 Å². The lowest BCUT2D eigenvalue weighted by atomic mass is 10.0. The fraction of sp³-hybridized carbons (Fsp3) is 0.471. The number of hydrogen-bond acceptors (Lipinski definition) is 5. The molecule has 3 rings (SSSR count). The monoisotopic (exact) mass is 330 g/mol. The zero-order chi connectivity index (χ0) is 16.9. The first-order valence-corrected chi connectivity index (χ1v) is 8.03. The minimum Gasteiger partial charge on any atom is -0.497 e. The van der Waals surface area contributed by atoms with Gasteiger partial charge in [-0.3, -0.25) is 4.79 Å². The molecule has 24 heavy (non-hydrogen) atoms. The highest BCUT2D eigenvalue weighted by atomic mass is 16.5. The van der Waals surface area contributed by atoms with Crippen molar-refractivity contribution >= 4 is 5.91 Å². The SMILES string of the molecule is COCc1nncn1C1CCN(C(=O)c2cccc(OC)c2)CC1. The van der Waals surface area contributed by atoms with Crippen molar-refractivity contribution in [2.75, 3.05) is 27.3 Å². The number of likely N-dealkylation sites (tertiary alicyclic amines) is 1. The third-order valence-electron chi connectivity index (χ3n) is 4.38. The Labute approximate surface area is 141 Å². The van der Waals surface area contributed by atoms with E-state index in [1.807, 2.05) is 23.1 Å². The second-order valence-corrected chi connectivity index (χ2v) is 5.84. The Kier molecular flexibility index (Phi) is 5.10. The van der Waals surface area contributed by atoms with Crippen LogP contribution in [0.25, 0.3) is 0 Å². The Bertz CT molecular complexity index is 693. The number of rotatable bonds is 5. The van der Waals surface area contributed by atoms with Crippen LogP contribution in [0.5, 0.6) is 5.75 Å².